The lowest BCUT2D eigenvalue weighted by molar-refractivity contribution is 0.479. The van der Waals surface area contributed by atoms with E-state index in [1.165, 1.54) is 18.5 Å². The molecule has 0 aliphatic carbocycles. The minimum atomic E-state index is 0.610. The molecule has 0 saturated carbocycles. The van der Waals surface area contributed by atoms with Crippen LogP contribution in [0.3, 0.4) is 0 Å². The van der Waals surface area contributed by atoms with Crippen LogP contribution in [0.25, 0.3) is 0 Å². The van der Waals surface area contributed by atoms with Crippen molar-refractivity contribution in [3.05, 3.63) is 24.0 Å². The van der Waals surface area contributed by atoms with Crippen molar-refractivity contribution in [3.8, 4) is 0 Å². The Kier molecular flexibility index (Phi) is 2.99. The maximum absolute atomic E-state index is 4.27. The van der Waals surface area contributed by atoms with Crippen LogP contribution in [0.15, 0.2) is 18.3 Å². The lowest BCUT2D eigenvalue weighted by atomic mass is 10.1. The molecule has 0 amide bonds. The molecule has 2 heterocycles. The molecule has 2 N–H and O–H groups in total. The maximum Gasteiger partial charge on any atom is 0.0603 e. The van der Waals surface area contributed by atoms with Crippen LogP contribution in [0.1, 0.15) is 18.5 Å². The summed E-state index contributed by atoms with van der Waals surface area (Å²) in [5, 5.41) is 6.91. The number of aryl methyl sites for hydroxylation is 1. The highest BCUT2D eigenvalue weighted by atomic mass is 15.0. The normalized spacial score (nSPS) is 18.1. The van der Waals surface area contributed by atoms with Crippen LogP contribution in [0.2, 0.25) is 0 Å². The number of aromatic nitrogens is 1. The standard InChI is InChI=1S/C11H17N3/c1-9-11(3-2-6-13-9)14-10-4-7-12-8-5-10/h2-3,6,10,12,14H,4-5,7-8H2,1H3. The molecule has 1 saturated heterocycles. The van der Waals surface area contributed by atoms with Crippen molar-refractivity contribution in [1.29, 1.82) is 0 Å². The first-order chi connectivity index (χ1) is 6.86. The Morgan fingerprint density at radius 1 is 1.43 bits per heavy atom. The van der Waals surface area contributed by atoms with Crippen molar-refractivity contribution < 1.29 is 0 Å². The van der Waals surface area contributed by atoms with Gasteiger partial charge in [0, 0.05) is 12.2 Å². The molecule has 2 rings (SSSR count). The van der Waals surface area contributed by atoms with E-state index in [0.29, 0.717) is 6.04 Å². The summed E-state index contributed by atoms with van der Waals surface area (Å²) in [6, 6.07) is 4.69. The number of piperidine rings is 1. The Hall–Kier alpha value is -1.09. The summed E-state index contributed by atoms with van der Waals surface area (Å²) in [6.07, 6.45) is 4.24. The molecule has 1 aromatic heterocycles. The van der Waals surface area contributed by atoms with E-state index in [1.807, 2.05) is 19.2 Å². The largest absolute Gasteiger partial charge is 0.381 e. The molecule has 3 heteroatoms. The van der Waals surface area contributed by atoms with E-state index in [9.17, 15) is 0 Å². The summed E-state index contributed by atoms with van der Waals surface area (Å²) in [4.78, 5) is 4.27. The minimum Gasteiger partial charge on any atom is -0.381 e. The molecule has 1 aliphatic rings. The number of anilines is 1. The van der Waals surface area contributed by atoms with E-state index in [2.05, 4.69) is 21.7 Å². The van der Waals surface area contributed by atoms with Gasteiger partial charge < -0.3 is 10.6 Å². The Morgan fingerprint density at radius 3 is 2.93 bits per heavy atom. The summed E-state index contributed by atoms with van der Waals surface area (Å²) < 4.78 is 0. The van der Waals surface area contributed by atoms with Crippen LogP contribution in [-0.4, -0.2) is 24.1 Å². The van der Waals surface area contributed by atoms with Gasteiger partial charge in [0.2, 0.25) is 0 Å². The number of hydrogen-bond acceptors (Lipinski definition) is 3. The van der Waals surface area contributed by atoms with Gasteiger partial charge in [-0.3, -0.25) is 4.98 Å². The molecule has 0 bridgehead atoms. The highest BCUT2D eigenvalue weighted by molar-refractivity contribution is 5.47. The van der Waals surface area contributed by atoms with Gasteiger partial charge >= 0.3 is 0 Å². The van der Waals surface area contributed by atoms with Crippen molar-refractivity contribution in [3.63, 3.8) is 0 Å². The van der Waals surface area contributed by atoms with E-state index in [4.69, 9.17) is 0 Å². The molecule has 14 heavy (non-hydrogen) atoms. The van der Waals surface area contributed by atoms with Crippen LogP contribution in [-0.2, 0) is 0 Å². The maximum atomic E-state index is 4.27. The third kappa shape index (κ3) is 2.23. The second-order valence-corrected chi connectivity index (χ2v) is 3.80. The molecule has 0 atom stereocenters. The van der Waals surface area contributed by atoms with E-state index in [0.717, 1.165) is 18.8 Å². The average Bonchev–Trinajstić information content (AvgIpc) is 2.23. The summed E-state index contributed by atoms with van der Waals surface area (Å²) in [5.41, 5.74) is 2.27. The highest BCUT2D eigenvalue weighted by Gasteiger charge is 2.12. The number of hydrogen-bond donors (Lipinski definition) is 2. The van der Waals surface area contributed by atoms with E-state index in [1.54, 1.807) is 0 Å². The molecule has 3 nitrogen and oxygen atoms in total. The van der Waals surface area contributed by atoms with Gasteiger partial charge in [-0.15, -0.1) is 0 Å². The zero-order valence-corrected chi connectivity index (χ0v) is 8.59. The van der Waals surface area contributed by atoms with Gasteiger partial charge in [-0.05, 0) is 45.0 Å². The predicted octanol–water partition coefficient (Wildman–Crippen LogP) is 1.55. The summed E-state index contributed by atoms with van der Waals surface area (Å²) >= 11 is 0. The lowest BCUT2D eigenvalue weighted by Gasteiger charge is -2.25. The molecule has 0 unspecified atom stereocenters. The highest BCUT2D eigenvalue weighted by Crippen LogP contribution is 2.15. The first kappa shape index (κ1) is 9.46. The van der Waals surface area contributed by atoms with Crippen molar-refractivity contribution in [1.82, 2.24) is 10.3 Å². The van der Waals surface area contributed by atoms with Crippen LogP contribution in [0.4, 0.5) is 5.69 Å². The average molecular weight is 191 g/mol. The number of nitrogens with zero attached hydrogens (tertiary/aromatic N) is 1. The molecular weight excluding hydrogens is 174 g/mol. The van der Waals surface area contributed by atoms with Crippen LogP contribution >= 0.6 is 0 Å². The Bertz CT molecular complexity index is 292. The summed E-state index contributed by atoms with van der Waals surface area (Å²) in [7, 11) is 0. The number of pyridine rings is 1. The predicted molar refractivity (Wildman–Crippen MR) is 58.5 cm³/mol. The van der Waals surface area contributed by atoms with Gasteiger partial charge in [-0.1, -0.05) is 0 Å². The van der Waals surface area contributed by atoms with E-state index >= 15 is 0 Å². The molecule has 1 aromatic rings. The summed E-state index contributed by atoms with van der Waals surface area (Å²) in [5.74, 6) is 0. The molecule has 1 aliphatic heterocycles. The van der Waals surface area contributed by atoms with E-state index < -0.39 is 0 Å². The molecule has 0 spiro atoms. The Balaban J connectivity index is 1.99. The quantitative estimate of drug-likeness (QED) is 0.744. The molecular formula is C11H17N3. The topological polar surface area (TPSA) is 37.0 Å². The molecule has 0 radical (unpaired) electrons. The third-order valence-electron chi connectivity index (χ3n) is 2.71. The second kappa shape index (κ2) is 4.42. The molecule has 76 valence electrons. The summed E-state index contributed by atoms with van der Waals surface area (Å²) in [6.45, 7) is 4.29. The zero-order valence-electron chi connectivity index (χ0n) is 8.59. The monoisotopic (exact) mass is 191 g/mol. The number of rotatable bonds is 2. The van der Waals surface area contributed by atoms with E-state index in [-0.39, 0.29) is 0 Å². The van der Waals surface area contributed by atoms with Crippen LogP contribution in [0.5, 0.6) is 0 Å². The first-order valence-corrected chi connectivity index (χ1v) is 5.25. The van der Waals surface area contributed by atoms with Crippen molar-refractivity contribution in [2.75, 3.05) is 18.4 Å². The molecule has 1 fully saturated rings. The van der Waals surface area contributed by atoms with Gasteiger partial charge in [-0.2, -0.15) is 0 Å². The Labute approximate surface area is 84.9 Å². The fourth-order valence-electron chi connectivity index (χ4n) is 1.82. The fraction of sp³-hybridized carbons (Fsp3) is 0.545. The lowest BCUT2D eigenvalue weighted by Crippen LogP contribution is -2.35. The Morgan fingerprint density at radius 2 is 2.21 bits per heavy atom. The third-order valence-corrected chi connectivity index (χ3v) is 2.71. The SMILES string of the molecule is Cc1ncccc1NC1CCNCC1. The molecule has 0 aromatic carbocycles. The zero-order chi connectivity index (χ0) is 9.80. The van der Waals surface area contributed by atoms with Gasteiger partial charge in [0.1, 0.15) is 0 Å². The number of nitrogens with one attached hydrogen (secondary N) is 2. The van der Waals surface area contributed by atoms with Crippen LogP contribution in [0, 0.1) is 6.92 Å². The van der Waals surface area contributed by atoms with Crippen molar-refractivity contribution >= 4 is 5.69 Å². The van der Waals surface area contributed by atoms with Gasteiger partial charge in [0.05, 0.1) is 11.4 Å². The first-order valence-electron chi connectivity index (χ1n) is 5.25. The second-order valence-electron chi connectivity index (χ2n) is 3.80. The van der Waals surface area contributed by atoms with Gasteiger partial charge in [-0.25, -0.2) is 0 Å². The van der Waals surface area contributed by atoms with Crippen LogP contribution < -0.4 is 10.6 Å². The minimum absolute atomic E-state index is 0.610. The van der Waals surface area contributed by atoms with Gasteiger partial charge in [0.25, 0.3) is 0 Å². The fourth-order valence-corrected chi connectivity index (χ4v) is 1.82. The van der Waals surface area contributed by atoms with Gasteiger partial charge in [0.15, 0.2) is 0 Å². The smallest absolute Gasteiger partial charge is 0.0603 e. The van der Waals surface area contributed by atoms with Crippen molar-refractivity contribution in [2.45, 2.75) is 25.8 Å². The van der Waals surface area contributed by atoms with Crippen molar-refractivity contribution in [2.24, 2.45) is 0 Å².